The first-order valence-electron chi connectivity index (χ1n) is 4.64. The number of rotatable bonds is 1. The minimum atomic E-state index is 0.881. The summed E-state index contributed by atoms with van der Waals surface area (Å²) in [5, 5.41) is 11.3. The molecule has 0 amide bonds. The predicted molar refractivity (Wildman–Crippen MR) is 62.7 cm³/mol. The fourth-order valence-corrected chi connectivity index (χ4v) is 1.88. The summed E-state index contributed by atoms with van der Waals surface area (Å²) in [6.07, 6.45) is 5.08. The van der Waals surface area contributed by atoms with E-state index in [1.54, 1.807) is 0 Å². The van der Waals surface area contributed by atoms with Crippen molar-refractivity contribution in [1.29, 1.82) is 0 Å². The van der Waals surface area contributed by atoms with Crippen molar-refractivity contribution >= 4 is 17.6 Å². The Balaban J connectivity index is 2.18. The lowest BCUT2D eigenvalue weighted by molar-refractivity contribution is -0.378. The van der Waals surface area contributed by atoms with Crippen LogP contribution in [0, 0.1) is 11.8 Å². The van der Waals surface area contributed by atoms with Gasteiger partial charge in [0.1, 0.15) is 0 Å². The molecule has 78 valence electrons. The van der Waals surface area contributed by atoms with E-state index in [-0.39, 0.29) is 0 Å². The van der Waals surface area contributed by atoms with Gasteiger partial charge in [0, 0.05) is 10.9 Å². The molecular weight excluding hydrogens is 220 g/mol. The number of thiophene rings is 1. The molecule has 0 spiro atoms. The average molecular weight is 229 g/mol. The average Bonchev–Trinajstić information content (AvgIpc) is 2.76. The van der Waals surface area contributed by atoms with Crippen LogP contribution >= 0.6 is 11.3 Å². The van der Waals surface area contributed by atoms with Crippen molar-refractivity contribution in [3.05, 3.63) is 52.0 Å². The Labute approximate surface area is 97.1 Å². The van der Waals surface area contributed by atoms with E-state index in [1.165, 1.54) is 17.6 Å². The number of pyridine rings is 1. The van der Waals surface area contributed by atoms with Gasteiger partial charge in [0.25, 0.3) is 0 Å². The summed E-state index contributed by atoms with van der Waals surface area (Å²) in [4.78, 5) is 4.79. The van der Waals surface area contributed by atoms with Gasteiger partial charge in [0.05, 0.1) is 16.7 Å². The van der Waals surface area contributed by atoms with Crippen LogP contribution in [-0.2, 0) is 0 Å². The van der Waals surface area contributed by atoms with Gasteiger partial charge < -0.3 is 5.21 Å². The van der Waals surface area contributed by atoms with Gasteiger partial charge in [0.2, 0.25) is 0 Å². The zero-order valence-corrected chi connectivity index (χ0v) is 9.16. The van der Waals surface area contributed by atoms with Crippen LogP contribution < -0.4 is 4.98 Å². The summed E-state index contributed by atoms with van der Waals surface area (Å²) in [6.45, 7) is 0. The summed E-state index contributed by atoms with van der Waals surface area (Å²) >= 11 is 1.48. The van der Waals surface area contributed by atoms with Gasteiger partial charge >= 0.3 is 0 Å². The van der Waals surface area contributed by atoms with Crippen LogP contribution in [0.1, 0.15) is 15.3 Å². The van der Waals surface area contributed by atoms with Crippen molar-refractivity contribution in [2.45, 2.75) is 0 Å². The molecule has 0 bridgehead atoms. The van der Waals surface area contributed by atoms with E-state index in [1.807, 2.05) is 36.7 Å². The summed E-state index contributed by atoms with van der Waals surface area (Å²) in [7, 11) is 0. The van der Waals surface area contributed by atoms with Crippen molar-refractivity contribution in [1.82, 2.24) is 0 Å². The molecule has 2 heterocycles. The quantitative estimate of drug-likeness (QED) is 0.344. The molecule has 2 N–H and O–H groups in total. The molecule has 0 saturated heterocycles. The third kappa shape index (κ3) is 2.69. The molecule has 0 aromatic carbocycles. The fourth-order valence-electron chi connectivity index (χ4n) is 1.15. The Bertz CT molecular complexity index is 549. The fraction of sp³-hybridized carbons (Fsp3) is 0. The minimum Gasteiger partial charge on any atom is -0.411 e. The SMILES string of the molecule is O/N=C\c1ccc(C#Cc2ccc[nH+]c2)s1. The maximum absolute atomic E-state index is 8.37. The summed E-state index contributed by atoms with van der Waals surface area (Å²) in [5.41, 5.74) is 0.938. The number of aromatic nitrogens is 1. The van der Waals surface area contributed by atoms with Gasteiger partial charge in [0.15, 0.2) is 12.4 Å². The number of H-pyrrole nitrogens is 1. The number of nitrogens with one attached hydrogen (secondary N) is 1. The maximum Gasteiger partial charge on any atom is 0.182 e. The highest BCUT2D eigenvalue weighted by Crippen LogP contribution is 2.13. The summed E-state index contributed by atoms with van der Waals surface area (Å²) in [5.74, 6) is 6.08. The highest BCUT2D eigenvalue weighted by molar-refractivity contribution is 7.14. The van der Waals surface area contributed by atoms with Crippen LogP contribution in [-0.4, -0.2) is 11.4 Å². The number of hydrogen-bond acceptors (Lipinski definition) is 3. The molecule has 3 nitrogen and oxygen atoms in total. The molecule has 0 atom stereocenters. The summed E-state index contributed by atoms with van der Waals surface area (Å²) < 4.78 is 0. The Morgan fingerprint density at radius 1 is 1.31 bits per heavy atom. The monoisotopic (exact) mass is 229 g/mol. The maximum atomic E-state index is 8.37. The van der Waals surface area contributed by atoms with Crippen molar-refractivity contribution in [3.8, 4) is 11.8 Å². The molecular formula is C12H9N2OS+. The lowest BCUT2D eigenvalue weighted by Crippen LogP contribution is -1.98. The molecule has 4 heteroatoms. The van der Waals surface area contributed by atoms with Crippen LogP contribution in [0.4, 0.5) is 0 Å². The van der Waals surface area contributed by atoms with Gasteiger partial charge in [-0.1, -0.05) is 17.0 Å². The molecule has 0 radical (unpaired) electrons. The molecule has 0 aliphatic heterocycles. The number of oxime groups is 1. The topological polar surface area (TPSA) is 46.7 Å². The minimum absolute atomic E-state index is 0.881. The van der Waals surface area contributed by atoms with Gasteiger partial charge in [-0.25, -0.2) is 4.98 Å². The smallest absolute Gasteiger partial charge is 0.182 e. The van der Waals surface area contributed by atoms with Gasteiger partial charge in [-0.2, -0.15) is 0 Å². The number of nitrogens with zero attached hydrogens (tertiary/aromatic N) is 1. The normalized spacial score (nSPS) is 10.0. The van der Waals surface area contributed by atoms with E-state index in [2.05, 4.69) is 22.0 Å². The highest BCUT2D eigenvalue weighted by atomic mass is 32.1. The first-order chi connectivity index (χ1) is 7.88. The van der Waals surface area contributed by atoms with Crippen LogP contribution in [0.25, 0.3) is 0 Å². The third-order valence-corrected chi connectivity index (χ3v) is 2.78. The van der Waals surface area contributed by atoms with Crippen LogP contribution in [0.15, 0.2) is 41.8 Å². The summed E-state index contributed by atoms with van der Waals surface area (Å²) in [6, 6.07) is 7.61. The second-order valence-corrected chi connectivity index (χ2v) is 4.10. The zero-order valence-electron chi connectivity index (χ0n) is 8.34. The third-order valence-electron chi connectivity index (χ3n) is 1.85. The van der Waals surface area contributed by atoms with Crippen molar-refractivity contribution in [2.75, 3.05) is 0 Å². The van der Waals surface area contributed by atoms with Crippen molar-refractivity contribution in [3.63, 3.8) is 0 Å². The van der Waals surface area contributed by atoms with E-state index in [0.29, 0.717) is 0 Å². The standard InChI is InChI=1S/C12H8N2OS/c15-14-9-12-6-5-11(16-12)4-3-10-2-1-7-13-8-10/h1-2,5-9,15H/p+1/b14-9-. The van der Waals surface area contributed by atoms with Gasteiger partial charge in [-0.15, -0.1) is 11.3 Å². The molecule has 2 rings (SSSR count). The van der Waals surface area contributed by atoms with Crippen LogP contribution in [0.3, 0.4) is 0 Å². The molecule has 2 aromatic rings. The molecule has 0 aliphatic carbocycles. The van der Waals surface area contributed by atoms with E-state index >= 15 is 0 Å². The molecule has 0 aliphatic rings. The number of hydrogen-bond donors (Lipinski definition) is 1. The molecule has 0 saturated carbocycles. The van der Waals surface area contributed by atoms with Crippen molar-refractivity contribution in [2.24, 2.45) is 5.16 Å². The number of aromatic amines is 1. The molecule has 16 heavy (non-hydrogen) atoms. The van der Waals surface area contributed by atoms with Crippen LogP contribution in [0.5, 0.6) is 0 Å². The molecule has 0 unspecified atom stereocenters. The lowest BCUT2D eigenvalue weighted by Gasteiger charge is -1.81. The van der Waals surface area contributed by atoms with Gasteiger partial charge in [-0.05, 0) is 18.2 Å². The lowest BCUT2D eigenvalue weighted by atomic mass is 10.3. The van der Waals surface area contributed by atoms with E-state index in [9.17, 15) is 0 Å². The first kappa shape index (κ1) is 10.4. The Kier molecular flexibility index (Phi) is 3.31. The van der Waals surface area contributed by atoms with Gasteiger partial charge in [-0.3, -0.25) is 0 Å². The molecule has 2 aromatic heterocycles. The predicted octanol–water partition coefficient (Wildman–Crippen LogP) is 1.77. The van der Waals surface area contributed by atoms with E-state index in [0.717, 1.165) is 15.3 Å². The molecule has 0 fully saturated rings. The zero-order chi connectivity index (χ0) is 11.2. The Morgan fingerprint density at radius 3 is 3.00 bits per heavy atom. The Morgan fingerprint density at radius 2 is 2.25 bits per heavy atom. The van der Waals surface area contributed by atoms with E-state index < -0.39 is 0 Å². The largest absolute Gasteiger partial charge is 0.411 e. The van der Waals surface area contributed by atoms with Crippen LogP contribution in [0.2, 0.25) is 0 Å². The second kappa shape index (κ2) is 5.10. The van der Waals surface area contributed by atoms with E-state index in [4.69, 9.17) is 5.21 Å². The Hall–Kier alpha value is -2.12. The van der Waals surface area contributed by atoms with Crippen molar-refractivity contribution < 1.29 is 10.2 Å². The highest BCUT2D eigenvalue weighted by Gasteiger charge is 1.94. The second-order valence-electron chi connectivity index (χ2n) is 2.99. The first-order valence-corrected chi connectivity index (χ1v) is 5.45.